The predicted molar refractivity (Wildman–Crippen MR) is 104 cm³/mol. The van der Waals surface area contributed by atoms with E-state index in [1.807, 2.05) is 0 Å². The molecule has 1 amide bonds. The summed E-state index contributed by atoms with van der Waals surface area (Å²) >= 11 is 5.91. The Hall–Kier alpha value is -3.52. The number of carbonyl (C=O) groups is 2. The second-order valence-electron chi connectivity index (χ2n) is 6.40. The van der Waals surface area contributed by atoms with Gasteiger partial charge in [-0.05, 0) is 36.2 Å². The molecule has 1 aromatic heterocycles. The van der Waals surface area contributed by atoms with Crippen molar-refractivity contribution in [1.82, 2.24) is 5.32 Å². The molecule has 0 aliphatic heterocycles. The molecule has 29 heavy (non-hydrogen) atoms. The summed E-state index contributed by atoms with van der Waals surface area (Å²) in [5.41, 5.74) is 0.0824. The van der Waals surface area contributed by atoms with Crippen LogP contribution in [0.15, 0.2) is 45.6 Å². The molecule has 150 valence electrons. The predicted octanol–water partition coefficient (Wildman–Crippen LogP) is 2.65. The fourth-order valence-electron chi connectivity index (χ4n) is 2.93. The van der Waals surface area contributed by atoms with Gasteiger partial charge in [-0.2, -0.15) is 0 Å². The molecule has 0 radical (unpaired) electrons. The van der Waals surface area contributed by atoms with E-state index in [0.29, 0.717) is 10.9 Å². The van der Waals surface area contributed by atoms with Crippen molar-refractivity contribution in [3.63, 3.8) is 0 Å². The zero-order valence-electron chi connectivity index (χ0n) is 15.1. The molecule has 1 heterocycles. The van der Waals surface area contributed by atoms with Crippen LogP contribution in [0.1, 0.15) is 22.7 Å². The average Bonchev–Trinajstić information content (AvgIpc) is 2.66. The minimum atomic E-state index is -1.36. The molecule has 1 unspecified atom stereocenters. The van der Waals surface area contributed by atoms with E-state index in [0.717, 1.165) is 0 Å². The fourth-order valence-corrected chi connectivity index (χ4v) is 3.09. The van der Waals surface area contributed by atoms with Crippen molar-refractivity contribution in [3.05, 3.63) is 68.5 Å². The van der Waals surface area contributed by atoms with Gasteiger partial charge in [-0.25, -0.2) is 9.59 Å². The maximum absolute atomic E-state index is 12.5. The molecule has 3 aromatic rings. The molecule has 0 bridgehead atoms. The molecule has 4 N–H and O–H groups in total. The largest absolute Gasteiger partial charge is 0.508 e. The van der Waals surface area contributed by atoms with Crippen LogP contribution in [0.25, 0.3) is 11.0 Å². The molecule has 0 saturated carbocycles. The maximum Gasteiger partial charge on any atom is 0.340 e. The Morgan fingerprint density at radius 3 is 2.45 bits per heavy atom. The third-order valence-electron chi connectivity index (χ3n) is 4.47. The molecule has 0 saturated heterocycles. The number of carbonyl (C=O) groups excluding carboxylic acids is 1. The highest BCUT2D eigenvalue weighted by Gasteiger charge is 2.24. The standard InChI is InChI=1S/C20H16ClNO7/c1-9-12-6-14(21)15(24)8-16(12)29-20(28)13(9)7-17(25)22-18(19(26)27)10-2-4-11(23)5-3-10/h2-6,8,18,23-24H,7H2,1H3,(H,22,25)(H,26,27). The molecule has 0 aliphatic rings. The van der Waals surface area contributed by atoms with Gasteiger partial charge in [0.25, 0.3) is 0 Å². The topological polar surface area (TPSA) is 137 Å². The number of aryl methyl sites for hydroxylation is 1. The van der Waals surface area contributed by atoms with Gasteiger partial charge in [0.05, 0.1) is 17.0 Å². The summed E-state index contributed by atoms with van der Waals surface area (Å²) in [6.07, 6.45) is -0.412. The minimum absolute atomic E-state index is 0.0432. The highest BCUT2D eigenvalue weighted by Crippen LogP contribution is 2.30. The van der Waals surface area contributed by atoms with Gasteiger partial charge in [0.2, 0.25) is 5.91 Å². The third kappa shape index (κ3) is 4.17. The molecule has 8 nitrogen and oxygen atoms in total. The van der Waals surface area contributed by atoms with E-state index >= 15 is 0 Å². The number of aromatic hydroxyl groups is 2. The van der Waals surface area contributed by atoms with E-state index < -0.39 is 30.0 Å². The van der Waals surface area contributed by atoms with Crippen molar-refractivity contribution in [2.24, 2.45) is 0 Å². The normalized spacial score (nSPS) is 11.9. The van der Waals surface area contributed by atoms with E-state index in [2.05, 4.69) is 5.32 Å². The summed E-state index contributed by atoms with van der Waals surface area (Å²) in [5.74, 6) is -2.29. The molecule has 0 spiro atoms. The van der Waals surface area contributed by atoms with Gasteiger partial charge >= 0.3 is 11.6 Å². The van der Waals surface area contributed by atoms with Crippen molar-refractivity contribution in [1.29, 1.82) is 0 Å². The lowest BCUT2D eigenvalue weighted by molar-refractivity contribution is -0.142. The Morgan fingerprint density at radius 2 is 1.83 bits per heavy atom. The number of rotatable bonds is 5. The van der Waals surface area contributed by atoms with Crippen LogP contribution in [-0.4, -0.2) is 27.2 Å². The third-order valence-corrected chi connectivity index (χ3v) is 4.77. The van der Waals surface area contributed by atoms with E-state index in [9.17, 15) is 29.7 Å². The molecule has 1 atom stereocenters. The molecule has 0 fully saturated rings. The Bertz CT molecular complexity index is 1170. The van der Waals surface area contributed by atoms with Crippen molar-refractivity contribution in [3.8, 4) is 11.5 Å². The van der Waals surface area contributed by atoms with Gasteiger partial charge in [-0.3, -0.25) is 4.79 Å². The molecular formula is C20H16ClNO7. The first-order valence-corrected chi connectivity index (χ1v) is 8.81. The Morgan fingerprint density at radius 1 is 1.17 bits per heavy atom. The number of halogens is 1. The zero-order valence-corrected chi connectivity index (χ0v) is 15.9. The monoisotopic (exact) mass is 417 g/mol. The highest BCUT2D eigenvalue weighted by molar-refractivity contribution is 6.32. The summed E-state index contributed by atoms with van der Waals surface area (Å²) in [5, 5.41) is 31.3. The summed E-state index contributed by atoms with van der Waals surface area (Å²) in [7, 11) is 0. The molecule has 0 aliphatic carbocycles. The lowest BCUT2D eigenvalue weighted by Gasteiger charge is -2.15. The number of nitrogens with one attached hydrogen (secondary N) is 1. The summed E-state index contributed by atoms with van der Waals surface area (Å²) in [4.78, 5) is 36.3. The average molecular weight is 418 g/mol. The van der Waals surface area contributed by atoms with Crippen molar-refractivity contribution in [2.75, 3.05) is 0 Å². The van der Waals surface area contributed by atoms with Gasteiger partial charge in [-0.15, -0.1) is 0 Å². The van der Waals surface area contributed by atoms with Crippen LogP contribution >= 0.6 is 11.6 Å². The Balaban J connectivity index is 1.90. The number of phenolic OH excluding ortho intramolecular Hbond substituents is 2. The van der Waals surface area contributed by atoms with Gasteiger partial charge < -0.3 is 25.1 Å². The van der Waals surface area contributed by atoms with Crippen molar-refractivity contribution < 1.29 is 29.3 Å². The number of hydrogen-bond acceptors (Lipinski definition) is 6. The summed E-state index contributed by atoms with van der Waals surface area (Å²) < 4.78 is 5.16. The van der Waals surface area contributed by atoms with Crippen LogP contribution in [-0.2, 0) is 16.0 Å². The van der Waals surface area contributed by atoms with Gasteiger partial charge in [0.15, 0.2) is 6.04 Å². The minimum Gasteiger partial charge on any atom is -0.508 e. The van der Waals surface area contributed by atoms with Gasteiger partial charge in [0, 0.05) is 11.5 Å². The van der Waals surface area contributed by atoms with Crippen LogP contribution in [0.5, 0.6) is 11.5 Å². The van der Waals surface area contributed by atoms with Crippen molar-refractivity contribution >= 4 is 34.4 Å². The van der Waals surface area contributed by atoms with E-state index in [1.165, 1.54) is 36.4 Å². The number of phenols is 2. The van der Waals surface area contributed by atoms with Crippen LogP contribution in [0.3, 0.4) is 0 Å². The van der Waals surface area contributed by atoms with E-state index in [4.69, 9.17) is 16.0 Å². The van der Waals surface area contributed by atoms with Crippen LogP contribution in [0, 0.1) is 6.92 Å². The lowest BCUT2D eigenvalue weighted by atomic mass is 10.0. The Labute approximate surface area is 169 Å². The van der Waals surface area contributed by atoms with E-state index in [1.54, 1.807) is 6.92 Å². The molecule has 9 heteroatoms. The van der Waals surface area contributed by atoms with Crippen LogP contribution < -0.4 is 10.9 Å². The van der Waals surface area contributed by atoms with Crippen LogP contribution in [0.2, 0.25) is 5.02 Å². The summed E-state index contributed by atoms with van der Waals surface area (Å²) in [6.45, 7) is 1.60. The number of carboxylic acids is 1. The summed E-state index contributed by atoms with van der Waals surface area (Å²) in [6, 6.07) is 6.63. The molecule has 2 aromatic carbocycles. The van der Waals surface area contributed by atoms with Gasteiger partial charge in [0.1, 0.15) is 17.1 Å². The Kier molecular flexibility index (Phi) is 5.47. The maximum atomic E-state index is 12.5. The highest BCUT2D eigenvalue weighted by atomic mass is 35.5. The van der Waals surface area contributed by atoms with Crippen molar-refractivity contribution in [2.45, 2.75) is 19.4 Å². The van der Waals surface area contributed by atoms with Gasteiger partial charge in [-0.1, -0.05) is 23.7 Å². The first-order valence-electron chi connectivity index (χ1n) is 8.43. The molecule has 3 rings (SSSR count). The first-order chi connectivity index (χ1) is 13.7. The zero-order chi connectivity index (χ0) is 21.3. The fraction of sp³-hybridized carbons (Fsp3) is 0.150. The number of carboxylic acid groups (broad SMARTS) is 1. The quantitative estimate of drug-likeness (QED) is 0.468. The number of amides is 1. The number of benzene rings is 2. The number of aliphatic carboxylic acids is 1. The number of hydrogen-bond donors (Lipinski definition) is 4. The lowest BCUT2D eigenvalue weighted by Crippen LogP contribution is -2.35. The smallest absolute Gasteiger partial charge is 0.340 e. The first kappa shape index (κ1) is 20.2. The molecular weight excluding hydrogens is 402 g/mol. The second-order valence-corrected chi connectivity index (χ2v) is 6.81. The van der Waals surface area contributed by atoms with E-state index in [-0.39, 0.29) is 33.2 Å². The second kappa shape index (κ2) is 7.84. The SMILES string of the molecule is Cc1c(CC(=O)NC(C(=O)O)c2ccc(O)cc2)c(=O)oc2cc(O)c(Cl)cc12. The van der Waals surface area contributed by atoms with Crippen LogP contribution in [0.4, 0.5) is 0 Å². The number of fused-ring (bicyclic) bond motifs is 1.